The molecular weight excluding hydrogens is 328 g/mol. The Bertz CT molecular complexity index is 932. The van der Waals surface area contributed by atoms with Gasteiger partial charge in [-0.2, -0.15) is 5.10 Å². The predicted molar refractivity (Wildman–Crippen MR) is 103 cm³/mol. The summed E-state index contributed by atoms with van der Waals surface area (Å²) < 4.78 is 11.0. The largest absolute Gasteiger partial charge is 0.497 e. The Labute approximate surface area is 152 Å². The smallest absolute Gasteiger partial charge is 0.280 e. The van der Waals surface area contributed by atoms with E-state index in [0.717, 1.165) is 22.1 Å². The van der Waals surface area contributed by atoms with E-state index in [1.165, 1.54) is 0 Å². The number of benzene rings is 3. The van der Waals surface area contributed by atoms with Crippen molar-refractivity contribution in [3.8, 4) is 11.5 Å². The number of nitrogens with one attached hydrogen (secondary N) is 1. The first-order chi connectivity index (χ1) is 12.7. The molecule has 5 heteroatoms. The average Bonchev–Trinajstić information content (AvgIpc) is 2.68. The molecule has 0 aromatic heterocycles. The zero-order valence-corrected chi connectivity index (χ0v) is 14.7. The standard InChI is InChI=1S/C21H20N2O3/c1-15(26-20-12-6-9-17-8-3-4-11-19(17)20)21(24)23-22-14-16-7-5-10-18(13-16)25-2/h3-15H,1-2H3,(H,23,24)/b22-14+. The summed E-state index contributed by atoms with van der Waals surface area (Å²) in [6.07, 6.45) is 0.883. The third-order valence-electron chi connectivity index (χ3n) is 3.90. The normalized spacial score (nSPS) is 12.1. The molecule has 0 aliphatic rings. The summed E-state index contributed by atoms with van der Waals surface area (Å²) in [4.78, 5) is 12.2. The van der Waals surface area contributed by atoms with Gasteiger partial charge in [0.2, 0.25) is 0 Å². The maximum Gasteiger partial charge on any atom is 0.280 e. The second kappa shape index (κ2) is 8.16. The van der Waals surface area contributed by atoms with Gasteiger partial charge < -0.3 is 9.47 Å². The van der Waals surface area contributed by atoms with Gasteiger partial charge >= 0.3 is 0 Å². The van der Waals surface area contributed by atoms with Gasteiger partial charge in [0, 0.05) is 5.39 Å². The summed E-state index contributed by atoms with van der Waals surface area (Å²) in [6, 6.07) is 21.0. The van der Waals surface area contributed by atoms with Crippen molar-refractivity contribution in [2.24, 2.45) is 5.10 Å². The number of carbonyl (C=O) groups is 1. The summed E-state index contributed by atoms with van der Waals surface area (Å²) in [6.45, 7) is 1.69. The number of methoxy groups -OCH3 is 1. The van der Waals surface area contributed by atoms with Crippen LogP contribution in [-0.2, 0) is 4.79 Å². The van der Waals surface area contributed by atoms with Crippen molar-refractivity contribution < 1.29 is 14.3 Å². The highest BCUT2D eigenvalue weighted by atomic mass is 16.5. The molecule has 1 unspecified atom stereocenters. The van der Waals surface area contributed by atoms with Crippen LogP contribution in [0.4, 0.5) is 0 Å². The first kappa shape index (κ1) is 17.5. The lowest BCUT2D eigenvalue weighted by Crippen LogP contribution is -2.33. The molecule has 0 spiro atoms. The molecule has 0 saturated heterocycles. The van der Waals surface area contributed by atoms with Crippen LogP contribution in [0.2, 0.25) is 0 Å². The number of amides is 1. The molecule has 1 atom stereocenters. The van der Waals surface area contributed by atoms with Gasteiger partial charge in [-0.1, -0.05) is 48.5 Å². The van der Waals surface area contributed by atoms with Crippen LogP contribution >= 0.6 is 0 Å². The number of hydrazone groups is 1. The molecule has 3 rings (SSSR count). The van der Waals surface area contributed by atoms with Crippen LogP contribution in [0.15, 0.2) is 71.8 Å². The third kappa shape index (κ3) is 4.19. The van der Waals surface area contributed by atoms with Gasteiger partial charge in [-0.05, 0) is 36.1 Å². The summed E-state index contributed by atoms with van der Waals surface area (Å²) in [5.74, 6) is 1.08. The van der Waals surface area contributed by atoms with Crippen LogP contribution in [0, 0.1) is 0 Å². The van der Waals surface area contributed by atoms with Crippen molar-refractivity contribution in [2.45, 2.75) is 13.0 Å². The number of rotatable bonds is 6. The Balaban J connectivity index is 1.63. The summed E-state index contributed by atoms with van der Waals surface area (Å²) in [5, 5.41) is 6.01. The van der Waals surface area contributed by atoms with Crippen LogP contribution in [-0.4, -0.2) is 25.3 Å². The SMILES string of the molecule is COc1cccc(/C=N/NC(=O)C(C)Oc2cccc3ccccc23)c1. The van der Waals surface area contributed by atoms with Gasteiger partial charge in [0.1, 0.15) is 11.5 Å². The lowest BCUT2D eigenvalue weighted by Gasteiger charge is -2.14. The highest BCUT2D eigenvalue weighted by Gasteiger charge is 2.15. The lowest BCUT2D eigenvalue weighted by atomic mass is 10.1. The molecule has 1 N–H and O–H groups in total. The van der Waals surface area contributed by atoms with E-state index < -0.39 is 6.10 Å². The molecule has 3 aromatic carbocycles. The molecule has 26 heavy (non-hydrogen) atoms. The van der Waals surface area contributed by atoms with E-state index in [9.17, 15) is 4.79 Å². The van der Waals surface area contributed by atoms with Gasteiger partial charge in [-0.3, -0.25) is 4.79 Å². The van der Waals surface area contributed by atoms with Crippen molar-refractivity contribution in [3.63, 3.8) is 0 Å². The van der Waals surface area contributed by atoms with Crippen molar-refractivity contribution in [2.75, 3.05) is 7.11 Å². The van der Waals surface area contributed by atoms with E-state index in [0.29, 0.717) is 5.75 Å². The van der Waals surface area contributed by atoms with E-state index in [4.69, 9.17) is 9.47 Å². The monoisotopic (exact) mass is 348 g/mol. The highest BCUT2D eigenvalue weighted by molar-refractivity contribution is 5.89. The predicted octanol–water partition coefficient (Wildman–Crippen LogP) is 3.77. The minimum Gasteiger partial charge on any atom is -0.497 e. The molecule has 1 amide bonds. The second-order valence-corrected chi connectivity index (χ2v) is 5.75. The number of carbonyl (C=O) groups excluding carboxylic acids is 1. The Hall–Kier alpha value is -3.34. The Kier molecular flexibility index (Phi) is 5.49. The van der Waals surface area contributed by atoms with E-state index >= 15 is 0 Å². The summed E-state index contributed by atoms with van der Waals surface area (Å²) in [7, 11) is 1.60. The first-order valence-corrected chi connectivity index (χ1v) is 8.29. The van der Waals surface area contributed by atoms with E-state index in [2.05, 4.69) is 10.5 Å². The maximum absolute atomic E-state index is 12.2. The zero-order chi connectivity index (χ0) is 18.4. The maximum atomic E-state index is 12.2. The zero-order valence-electron chi connectivity index (χ0n) is 14.7. The molecule has 5 nitrogen and oxygen atoms in total. The molecule has 0 aliphatic heterocycles. The van der Waals surface area contributed by atoms with Gasteiger partial charge in [0.05, 0.1) is 13.3 Å². The number of nitrogens with zero attached hydrogens (tertiary/aromatic N) is 1. The second-order valence-electron chi connectivity index (χ2n) is 5.75. The molecule has 3 aromatic rings. The Morgan fingerprint density at radius 2 is 1.85 bits per heavy atom. The van der Waals surface area contributed by atoms with E-state index in [1.807, 2.05) is 66.7 Å². The van der Waals surface area contributed by atoms with Crippen LogP contribution in [0.25, 0.3) is 10.8 Å². The minimum absolute atomic E-state index is 0.322. The fourth-order valence-electron chi connectivity index (χ4n) is 2.53. The summed E-state index contributed by atoms with van der Waals surface area (Å²) >= 11 is 0. The number of hydrogen-bond acceptors (Lipinski definition) is 4. The molecule has 0 aliphatic carbocycles. The number of fused-ring (bicyclic) bond motifs is 1. The fourth-order valence-corrected chi connectivity index (χ4v) is 2.53. The molecule has 0 radical (unpaired) electrons. The van der Waals surface area contributed by atoms with Crippen LogP contribution in [0.1, 0.15) is 12.5 Å². The Morgan fingerprint density at radius 1 is 1.08 bits per heavy atom. The topological polar surface area (TPSA) is 59.9 Å². The van der Waals surface area contributed by atoms with Gasteiger partial charge in [0.25, 0.3) is 5.91 Å². The summed E-state index contributed by atoms with van der Waals surface area (Å²) in [5.41, 5.74) is 3.33. The van der Waals surface area contributed by atoms with Gasteiger partial charge in [-0.15, -0.1) is 0 Å². The van der Waals surface area contributed by atoms with Crippen LogP contribution in [0.3, 0.4) is 0 Å². The third-order valence-corrected chi connectivity index (χ3v) is 3.90. The lowest BCUT2D eigenvalue weighted by molar-refractivity contribution is -0.127. The van der Waals surface area contributed by atoms with Crippen LogP contribution in [0.5, 0.6) is 11.5 Å². The van der Waals surface area contributed by atoms with Crippen molar-refractivity contribution in [3.05, 3.63) is 72.3 Å². The van der Waals surface area contributed by atoms with Crippen LogP contribution < -0.4 is 14.9 Å². The first-order valence-electron chi connectivity index (χ1n) is 8.29. The van der Waals surface area contributed by atoms with E-state index in [-0.39, 0.29) is 5.91 Å². The van der Waals surface area contributed by atoms with Crippen molar-refractivity contribution >= 4 is 22.9 Å². The molecule has 0 fully saturated rings. The average molecular weight is 348 g/mol. The molecule has 132 valence electrons. The Morgan fingerprint density at radius 3 is 2.69 bits per heavy atom. The van der Waals surface area contributed by atoms with E-state index in [1.54, 1.807) is 20.2 Å². The van der Waals surface area contributed by atoms with Crippen molar-refractivity contribution in [1.82, 2.24) is 5.43 Å². The van der Waals surface area contributed by atoms with Gasteiger partial charge in [0.15, 0.2) is 6.10 Å². The molecule has 0 heterocycles. The van der Waals surface area contributed by atoms with Crippen molar-refractivity contribution in [1.29, 1.82) is 0 Å². The quantitative estimate of drug-likeness (QED) is 0.545. The number of ether oxygens (including phenoxy) is 2. The molecule has 0 bridgehead atoms. The number of hydrogen-bond donors (Lipinski definition) is 1. The molecular formula is C21H20N2O3. The highest BCUT2D eigenvalue weighted by Crippen LogP contribution is 2.26. The van der Waals surface area contributed by atoms with Gasteiger partial charge in [-0.25, -0.2) is 5.43 Å². The molecule has 0 saturated carbocycles. The fraction of sp³-hybridized carbons (Fsp3) is 0.143. The minimum atomic E-state index is -0.678.